The molecule has 0 radical (unpaired) electrons. The minimum absolute atomic E-state index is 0.131. The molecule has 3 aromatic rings. The molecule has 0 spiro atoms. The molecule has 4 nitrogen and oxygen atoms in total. The highest BCUT2D eigenvalue weighted by atomic mass is 16.5. The van der Waals surface area contributed by atoms with E-state index in [0.717, 1.165) is 33.2 Å². The van der Waals surface area contributed by atoms with Gasteiger partial charge in [0.15, 0.2) is 6.10 Å². The number of benzene rings is 3. The first-order valence-electron chi connectivity index (χ1n) is 8.97. The van der Waals surface area contributed by atoms with E-state index < -0.39 is 12.1 Å². The number of rotatable bonds is 5. The van der Waals surface area contributed by atoms with Crippen molar-refractivity contribution in [3.8, 4) is 0 Å². The highest BCUT2D eigenvalue weighted by Crippen LogP contribution is 2.18. The molecule has 1 N–H and O–H groups in total. The van der Waals surface area contributed by atoms with Crippen molar-refractivity contribution in [3.05, 3.63) is 77.4 Å². The predicted molar refractivity (Wildman–Crippen MR) is 108 cm³/mol. The molecule has 1 amide bonds. The molecule has 0 saturated heterocycles. The number of nitrogens with one attached hydrogen (secondary N) is 1. The standard InChI is InChI=1S/C23H23NO3/c1-15-8-11-21(16(2)12-15)24-23(26)17(3)27-22(25)14-18-9-10-19-6-4-5-7-20(19)13-18/h4-13,17H,14H2,1-3H3,(H,24,26)/t17-/m1/s1. The molecule has 0 saturated carbocycles. The van der Waals surface area contributed by atoms with Crippen LogP contribution in [0.3, 0.4) is 0 Å². The largest absolute Gasteiger partial charge is 0.452 e. The molecule has 0 unspecified atom stereocenters. The van der Waals surface area contributed by atoms with Crippen LogP contribution in [0.15, 0.2) is 60.7 Å². The number of ether oxygens (including phenoxy) is 1. The van der Waals surface area contributed by atoms with Crippen molar-refractivity contribution >= 4 is 28.3 Å². The topological polar surface area (TPSA) is 55.4 Å². The Bertz CT molecular complexity index is 994. The van der Waals surface area contributed by atoms with Crippen LogP contribution in [-0.4, -0.2) is 18.0 Å². The number of anilines is 1. The predicted octanol–water partition coefficient (Wildman–Crippen LogP) is 4.57. The van der Waals surface area contributed by atoms with E-state index in [-0.39, 0.29) is 12.3 Å². The first kappa shape index (κ1) is 18.6. The van der Waals surface area contributed by atoms with E-state index in [2.05, 4.69) is 5.32 Å². The molecule has 0 aromatic heterocycles. The van der Waals surface area contributed by atoms with Gasteiger partial charge in [0.2, 0.25) is 0 Å². The van der Waals surface area contributed by atoms with Crippen LogP contribution in [0, 0.1) is 13.8 Å². The van der Waals surface area contributed by atoms with Crippen LogP contribution in [0.4, 0.5) is 5.69 Å². The van der Waals surface area contributed by atoms with Crippen molar-refractivity contribution in [3.63, 3.8) is 0 Å². The minimum Gasteiger partial charge on any atom is -0.452 e. The lowest BCUT2D eigenvalue weighted by atomic mass is 10.1. The summed E-state index contributed by atoms with van der Waals surface area (Å²) in [7, 11) is 0. The van der Waals surface area contributed by atoms with E-state index in [9.17, 15) is 9.59 Å². The first-order chi connectivity index (χ1) is 12.9. The van der Waals surface area contributed by atoms with Crippen LogP contribution in [0.25, 0.3) is 10.8 Å². The van der Waals surface area contributed by atoms with Crippen molar-refractivity contribution in [1.29, 1.82) is 0 Å². The lowest BCUT2D eigenvalue weighted by Gasteiger charge is -2.15. The van der Waals surface area contributed by atoms with Crippen LogP contribution in [-0.2, 0) is 20.7 Å². The number of carbonyl (C=O) groups is 2. The summed E-state index contributed by atoms with van der Waals surface area (Å²) in [5.41, 5.74) is 3.68. The van der Waals surface area contributed by atoms with Crippen molar-refractivity contribution in [1.82, 2.24) is 0 Å². The van der Waals surface area contributed by atoms with E-state index in [0.29, 0.717) is 0 Å². The second-order valence-corrected chi connectivity index (χ2v) is 6.80. The van der Waals surface area contributed by atoms with Gasteiger partial charge in [0.1, 0.15) is 0 Å². The molecule has 0 aliphatic heterocycles. The number of fused-ring (bicyclic) bond motifs is 1. The maximum absolute atomic E-state index is 12.3. The second kappa shape index (κ2) is 8.04. The van der Waals surface area contributed by atoms with Crippen LogP contribution < -0.4 is 5.32 Å². The normalized spacial score (nSPS) is 11.8. The Labute approximate surface area is 159 Å². The van der Waals surface area contributed by atoms with Crippen molar-refractivity contribution in [2.75, 3.05) is 5.32 Å². The highest BCUT2D eigenvalue weighted by molar-refractivity contribution is 5.95. The zero-order valence-electron chi connectivity index (χ0n) is 15.8. The Morgan fingerprint density at radius 3 is 2.44 bits per heavy atom. The summed E-state index contributed by atoms with van der Waals surface area (Å²) < 4.78 is 5.31. The molecule has 27 heavy (non-hydrogen) atoms. The van der Waals surface area contributed by atoms with Crippen LogP contribution in [0.2, 0.25) is 0 Å². The third kappa shape index (κ3) is 4.73. The zero-order chi connectivity index (χ0) is 19.4. The molecule has 0 aliphatic rings. The number of carbonyl (C=O) groups excluding carboxylic acids is 2. The number of aryl methyl sites for hydroxylation is 2. The van der Waals surface area contributed by atoms with Gasteiger partial charge in [-0.1, -0.05) is 60.2 Å². The van der Waals surface area contributed by atoms with Crippen molar-refractivity contribution < 1.29 is 14.3 Å². The number of esters is 1. The summed E-state index contributed by atoms with van der Waals surface area (Å²) >= 11 is 0. The van der Waals surface area contributed by atoms with Gasteiger partial charge in [0, 0.05) is 5.69 Å². The summed E-state index contributed by atoms with van der Waals surface area (Å²) in [6.45, 7) is 5.51. The van der Waals surface area contributed by atoms with Gasteiger partial charge >= 0.3 is 5.97 Å². The Kier molecular flexibility index (Phi) is 5.55. The molecule has 0 aliphatic carbocycles. The van der Waals surface area contributed by atoms with Crippen molar-refractivity contribution in [2.45, 2.75) is 33.3 Å². The minimum atomic E-state index is -0.862. The van der Waals surface area contributed by atoms with Gasteiger partial charge in [-0.2, -0.15) is 0 Å². The smallest absolute Gasteiger partial charge is 0.311 e. The average molecular weight is 361 g/mol. The molecule has 0 fully saturated rings. The molecule has 4 heteroatoms. The summed E-state index contributed by atoms with van der Waals surface area (Å²) in [4.78, 5) is 24.5. The van der Waals surface area contributed by atoms with E-state index >= 15 is 0 Å². The lowest BCUT2D eigenvalue weighted by molar-refractivity contribution is -0.152. The summed E-state index contributed by atoms with van der Waals surface area (Å²) in [5, 5.41) is 5.01. The molecule has 138 valence electrons. The SMILES string of the molecule is Cc1ccc(NC(=O)[C@@H](C)OC(=O)Cc2ccc3ccccc3c2)c(C)c1. The van der Waals surface area contributed by atoms with Crippen LogP contribution in [0.5, 0.6) is 0 Å². The quantitative estimate of drug-likeness (QED) is 0.677. The van der Waals surface area contributed by atoms with Crippen molar-refractivity contribution in [2.24, 2.45) is 0 Å². The summed E-state index contributed by atoms with van der Waals surface area (Å²) in [6.07, 6.45) is -0.731. The summed E-state index contributed by atoms with van der Waals surface area (Å²) in [6, 6.07) is 19.6. The maximum atomic E-state index is 12.3. The number of amides is 1. The third-order valence-corrected chi connectivity index (χ3v) is 4.48. The fourth-order valence-corrected chi connectivity index (χ4v) is 3.00. The van der Waals surface area contributed by atoms with Gasteiger partial charge in [-0.05, 0) is 48.7 Å². The number of hydrogen-bond acceptors (Lipinski definition) is 3. The van der Waals surface area contributed by atoms with Gasteiger partial charge in [0.05, 0.1) is 6.42 Å². The molecular formula is C23H23NO3. The maximum Gasteiger partial charge on any atom is 0.311 e. The van der Waals surface area contributed by atoms with Gasteiger partial charge in [-0.15, -0.1) is 0 Å². The van der Waals surface area contributed by atoms with Gasteiger partial charge in [-0.25, -0.2) is 0 Å². The molecule has 0 heterocycles. The van der Waals surface area contributed by atoms with Gasteiger partial charge in [-0.3, -0.25) is 9.59 Å². The van der Waals surface area contributed by atoms with E-state index in [1.807, 2.05) is 74.5 Å². The average Bonchev–Trinajstić information content (AvgIpc) is 2.63. The second-order valence-electron chi connectivity index (χ2n) is 6.80. The molecular weight excluding hydrogens is 338 g/mol. The van der Waals surface area contributed by atoms with Gasteiger partial charge < -0.3 is 10.1 Å². The Morgan fingerprint density at radius 2 is 1.70 bits per heavy atom. The Hall–Kier alpha value is -3.14. The van der Waals surface area contributed by atoms with Crippen LogP contribution in [0.1, 0.15) is 23.6 Å². The Morgan fingerprint density at radius 1 is 0.963 bits per heavy atom. The molecule has 3 aromatic carbocycles. The highest BCUT2D eigenvalue weighted by Gasteiger charge is 2.18. The summed E-state index contributed by atoms with van der Waals surface area (Å²) in [5.74, 6) is -0.762. The molecule has 1 atom stereocenters. The van der Waals surface area contributed by atoms with Gasteiger partial charge in [0.25, 0.3) is 5.91 Å². The fourth-order valence-electron chi connectivity index (χ4n) is 3.00. The third-order valence-electron chi connectivity index (χ3n) is 4.48. The van der Waals surface area contributed by atoms with Crippen LogP contribution >= 0.6 is 0 Å². The lowest BCUT2D eigenvalue weighted by Crippen LogP contribution is -2.30. The molecule has 3 rings (SSSR count). The number of hydrogen-bond donors (Lipinski definition) is 1. The van der Waals surface area contributed by atoms with E-state index in [1.54, 1.807) is 6.92 Å². The van der Waals surface area contributed by atoms with E-state index in [1.165, 1.54) is 0 Å². The van der Waals surface area contributed by atoms with E-state index in [4.69, 9.17) is 4.74 Å². The first-order valence-corrected chi connectivity index (χ1v) is 8.97. The zero-order valence-corrected chi connectivity index (χ0v) is 15.8. The fraction of sp³-hybridized carbons (Fsp3) is 0.217. The Balaban J connectivity index is 1.59. The molecule has 0 bridgehead atoms. The monoisotopic (exact) mass is 361 g/mol.